The Labute approximate surface area is 109 Å². The van der Waals surface area contributed by atoms with Gasteiger partial charge in [0.05, 0.1) is 23.9 Å². The Morgan fingerprint density at radius 1 is 1.28 bits per heavy atom. The van der Waals surface area contributed by atoms with Crippen LogP contribution in [0.2, 0.25) is 0 Å². The summed E-state index contributed by atoms with van der Waals surface area (Å²) in [4.78, 5) is 0. The minimum absolute atomic E-state index is 0.0347. The zero-order valence-corrected chi connectivity index (χ0v) is 12.4. The number of hydrogen-bond acceptors (Lipinski definition) is 6. The Hall–Kier alpha value is -0.180. The normalized spacial score (nSPS) is 23.1. The molecule has 2 unspecified atom stereocenters. The first kappa shape index (κ1) is 15.9. The van der Waals surface area contributed by atoms with E-state index in [0.717, 1.165) is 12.7 Å². The zero-order valence-electron chi connectivity index (χ0n) is 10.8. The molecule has 1 fully saturated rings. The van der Waals surface area contributed by atoms with Crippen LogP contribution in [-0.4, -0.2) is 66.7 Å². The molecule has 0 saturated carbocycles. The van der Waals surface area contributed by atoms with Gasteiger partial charge in [-0.2, -0.15) is 0 Å². The molecule has 1 aliphatic heterocycles. The molecule has 18 heavy (non-hydrogen) atoms. The second kappa shape index (κ2) is 6.31. The molecule has 0 aliphatic carbocycles. The first-order valence-corrected chi connectivity index (χ1v) is 9.75. The van der Waals surface area contributed by atoms with Crippen molar-refractivity contribution in [2.45, 2.75) is 12.5 Å². The van der Waals surface area contributed by atoms with Crippen LogP contribution in [0.4, 0.5) is 0 Å². The summed E-state index contributed by atoms with van der Waals surface area (Å²) in [7, 11) is -4.89. The first-order valence-electron chi connectivity index (χ1n) is 5.87. The van der Waals surface area contributed by atoms with Gasteiger partial charge in [-0.15, -0.1) is 0 Å². The predicted octanol–water partition coefficient (Wildman–Crippen LogP) is -0.930. The maximum atomic E-state index is 11.9. The number of sulfone groups is 2. The highest BCUT2D eigenvalue weighted by atomic mass is 32.2. The predicted molar refractivity (Wildman–Crippen MR) is 70.1 cm³/mol. The number of ether oxygens (including phenoxy) is 1. The number of nitrogens with one attached hydrogen (secondary N) is 1. The summed E-state index contributed by atoms with van der Waals surface area (Å²) >= 11 is 0. The van der Waals surface area contributed by atoms with E-state index in [1.807, 2.05) is 0 Å². The largest absolute Gasteiger partial charge is 0.381 e. The summed E-state index contributed by atoms with van der Waals surface area (Å²) < 4.78 is 50.9. The van der Waals surface area contributed by atoms with Crippen LogP contribution in [0.3, 0.4) is 0 Å². The van der Waals surface area contributed by atoms with Crippen molar-refractivity contribution >= 4 is 19.7 Å². The summed E-state index contributed by atoms with van der Waals surface area (Å²) in [6.45, 7) is 1.22. The Bertz CT molecular complexity index is 451. The van der Waals surface area contributed by atoms with Gasteiger partial charge in [-0.25, -0.2) is 16.8 Å². The lowest BCUT2D eigenvalue weighted by Crippen LogP contribution is -2.41. The van der Waals surface area contributed by atoms with Crippen LogP contribution in [0.1, 0.15) is 6.42 Å². The molecular formula is C10H21NO5S2. The minimum atomic E-state index is -3.36. The van der Waals surface area contributed by atoms with Gasteiger partial charge in [-0.05, 0) is 13.5 Å². The topological polar surface area (TPSA) is 89.5 Å². The van der Waals surface area contributed by atoms with Crippen LogP contribution in [0, 0.1) is 5.92 Å². The van der Waals surface area contributed by atoms with Crippen molar-refractivity contribution in [1.82, 2.24) is 5.32 Å². The minimum Gasteiger partial charge on any atom is -0.381 e. The fraction of sp³-hybridized carbons (Fsp3) is 1.00. The average molecular weight is 299 g/mol. The van der Waals surface area contributed by atoms with E-state index in [-0.39, 0.29) is 29.2 Å². The van der Waals surface area contributed by atoms with Crippen molar-refractivity contribution in [3.63, 3.8) is 0 Å². The quantitative estimate of drug-likeness (QED) is 0.653. The van der Waals surface area contributed by atoms with Crippen LogP contribution in [-0.2, 0) is 24.4 Å². The van der Waals surface area contributed by atoms with Crippen molar-refractivity contribution < 1.29 is 21.6 Å². The maximum Gasteiger partial charge on any atom is 0.152 e. The number of hydrogen-bond donors (Lipinski definition) is 1. The molecule has 2 atom stereocenters. The van der Waals surface area contributed by atoms with Crippen LogP contribution >= 0.6 is 0 Å². The van der Waals surface area contributed by atoms with Gasteiger partial charge < -0.3 is 10.1 Å². The summed E-state index contributed by atoms with van der Waals surface area (Å²) in [6, 6.07) is -0.169. The molecule has 1 heterocycles. The zero-order chi connectivity index (χ0) is 13.8. The summed E-state index contributed by atoms with van der Waals surface area (Å²) in [6.07, 6.45) is 1.88. The summed E-state index contributed by atoms with van der Waals surface area (Å²) in [5.41, 5.74) is 0. The molecule has 1 N–H and O–H groups in total. The third-order valence-corrected chi connectivity index (χ3v) is 6.00. The van der Waals surface area contributed by atoms with Crippen LogP contribution < -0.4 is 5.32 Å². The molecule has 8 heteroatoms. The highest BCUT2D eigenvalue weighted by molar-refractivity contribution is 7.94. The standard InChI is InChI=1S/C10H21NO5S2/c1-11-10(9-3-4-16-7-9)8-18(14,15)6-5-17(2,12)13/h9-11H,3-8H2,1-2H3. The van der Waals surface area contributed by atoms with Gasteiger partial charge in [0.1, 0.15) is 9.84 Å². The fourth-order valence-corrected chi connectivity index (χ4v) is 5.34. The van der Waals surface area contributed by atoms with E-state index in [4.69, 9.17) is 4.74 Å². The molecule has 0 amide bonds. The molecule has 108 valence electrons. The third-order valence-electron chi connectivity index (χ3n) is 3.10. The van der Waals surface area contributed by atoms with Gasteiger partial charge in [0, 0.05) is 24.8 Å². The van der Waals surface area contributed by atoms with Crippen LogP contribution in [0.25, 0.3) is 0 Å². The van der Waals surface area contributed by atoms with Crippen molar-refractivity contribution in [1.29, 1.82) is 0 Å². The van der Waals surface area contributed by atoms with E-state index in [1.54, 1.807) is 7.05 Å². The van der Waals surface area contributed by atoms with Crippen LogP contribution in [0.15, 0.2) is 0 Å². The second-order valence-electron chi connectivity index (χ2n) is 4.76. The molecule has 1 saturated heterocycles. The summed E-state index contributed by atoms with van der Waals surface area (Å²) in [5, 5.41) is 2.99. The molecule has 0 aromatic carbocycles. The molecular weight excluding hydrogens is 278 g/mol. The Morgan fingerprint density at radius 3 is 2.39 bits per heavy atom. The van der Waals surface area contributed by atoms with Gasteiger partial charge in [0.25, 0.3) is 0 Å². The fourth-order valence-electron chi connectivity index (χ4n) is 1.96. The molecule has 1 aliphatic rings. The Kier molecular flexibility index (Phi) is 5.57. The van der Waals surface area contributed by atoms with E-state index in [0.29, 0.717) is 13.2 Å². The smallest absolute Gasteiger partial charge is 0.152 e. The molecule has 1 rings (SSSR count). The average Bonchev–Trinajstić information content (AvgIpc) is 2.76. The molecule has 0 aromatic heterocycles. The number of rotatable bonds is 7. The van der Waals surface area contributed by atoms with E-state index >= 15 is 0 Å². The first-order chi connectivity index (χ1) is 8.23. The van der Waals surface area contributed by atoms with E-state index in [1.165, 1.54) is 0 Å². The molecule has 0 radical (unpaired) electrons. The van der Waals surface area contributed by atoms with Gasteiger partial charge in [-0.3, -0.25) is 0 Å². The van der Waals surface area contributed by atoms with Crippen molar-refractivity contribution in [2.24, 2.45) is 5.92 Å². The van der Waals surface area contributed by atoms with E-state index in [9.17, 15) is 16.8 Å². The van der Waals surface area contributed by atoms with Crippen molar-refractivity contribution in [2.75, 3.05) is 43.8 Å². The molecule has 6 nitrogen and oxygen atoms in total. The third kappa shape index (κ3) is 5.64. The van der Waals surface area contributed by atoms with Gasteiger partial charge in [-0.1, -0.05) is 0 Å². The Balaban J connectivity index is 2.57. The van der Waals surface area contributed by atoms with Gasteiger partial charge in [0.15, 0.2) is 9.84 Å². The SMILES string of the molecule is CNC(CS(=O)(=O)CCS(C)(=O)=O)C1CCOC1. The molecule has 0 aromatic rings. The maximum absolute atomic E-state index is 11.9. The second-order valence-corrected chi connectivity index (χ2v) is 9.25. The van der Waals surface area contributed by atoms with Crippen molar-refractivity contribution in [3.05, 3.63) is 0 Å². The lowest BCUT2D eigenvalue weighted by Gasteiger charge is -2.21. The monoisotopic (exact) mass is 299 g/mol. The lowest BCUT2D eigenvalue weighted by molar-refractivity contribution is 0.179. The van der Waals surface area contributed by atoms with Gasteiger partial charge >= 0.3 is 0 Å². The highest BCUT2D eigenvalue weighted by Crippen LogP contribution is 2.18. The lowest BCUT2D eigenvalue weighted by atomic mass is 10.0. The van der Waals surface area contributed by atoms with E-state index < -0.39 is 19.7 Å². The van der Waals surface area contributed by atoms with Gasteiger partial charge in [0.2, 0.25) is 0 Å². The molecule has 0 spiro atoms. The summed E-state index contributed by atoms with van der Waals surface area (Å²) in [5.74, 6) is -0.472. The van der Waals surface area contributed by atoms with E-state index in [2.05, 4.69) is 5.32 Å². The highest BCUT2D eigenvalue weighted by Gasteiger charge is 2.29. The molecule has 0 bridgehead atoms. The Morgan fingerprint density at radius 2 is 1.94 bits per heavy atom. The van der Waals surface area contributed by atoms with Crippen LogP contribution in [0.5, 0.6) is 0 Å². The van der Waals surface area contributed by atoms with Crippen molar-refractivity contribution in [3.8, 4) is 0 Å².